The summed E-state index contributed by atoms with van der Waals surface area (Å²) in [5.41, 5.74) is 1.56. The third-order valence-corrected chi connectivity index (χ3v) is 7.87. The quantitative estimate of drug-likeness (QED) is 0.326. The second-order valence-electron chi connectivity index (χ2n) is 12.3. The van der Waals surface area contributed by atoms with Crippen LogP contribution in [0.5, 0.6) is 0 Å². The Balaban J connectivity index is 1.12. The molecule has 0 radical (unpaired) electrons. The third kappa shape index (κ3) is 6.27. The molecular formula is C30H37N9O3. The van der Waals surface area contributed by atoms with Crippen LogP contribution < -0.4 is 10.5 Å². The van der Waals surface area contributed by atoms with E-state index in [1.54, 1.807) is 29.2 Å². The lowest BCUT2D eigenvalue weighted by Gasteiger charge is -2.42. The Morgan fingerprint density at radius 3 is 2.64 bits per heavy atom. The van der Waals surface area contributed by atoms with Crippen molar-refractivity contribution in [3.05, 3.63) is 64.8 Å². The second-order valence-corrected chi connectivity index (χ2v) is 12.3. The van der Waals surface area contributed by atoms with E-state index in [9.17, 15) is 9.59 Å². The maximum absolute atomic E-state index is 13.2. The van der Waals surface area contributed by atoms with Crippen LogP contribution in [0.4, 0.5) is 10.6 Å². The predicted molar refractivity (Wildman–Crippen MR) is 157 cm³/mol. The Kier molecular flexibility index (Phi) is 7.61. The number of fused-ring (bicyclic) bond motifs is 1. The predicted octanol–water partition coefficient (Wildman–Crippen LogP) is 3.80. The van der Waals surface area contributed by atoms with Crippen molar-refractivity contribution in [3.63, 3.8) is 0 Å². The van der Waals surface area contributed by atoms with Gasteiger partial charge >= 0.3 is 6.09 Å². The third-order valence-electron chi connectivity index (χ3n) is 7.87. The standard InChI is InChI=1S/C30H37N9O3/c1-30(2,3)42-29(41)39(17-21-8-6-9-21)23-10-7-14-36(19-23)27-13-12-22(32-34-27)18-37-20-25(33-35-37)24-16-28(40)38-15-5-4-11-26(38)31-24/h4-5,11-13,15-16,20-21,23H,6-10,14,17-19H2,1-3H3/t23-/m1/s1. The summed E-state index contributed by atoms with van der Waals surface area (Å²) < 4.78 is 8.94. The molecule has 2 fully saturated rings. The first kappa shape index (κ1) is 27.8. The van der Waals surface area contributed by atoms with Gasteiger partial charge in [0.1, 0.15) is 22.6 Å². The lowest BCUT2D eigenvalue weighted by atomic mass is 9.84. The van der Waals surface area contributed by atoms with Crippen molar-refractivity contribution in [2.75, 3.05) is 24.5 Å². The molecule has 0 N–H and O–H groups in total. The van der Waals surface area contributed by atoms with Gasteiger partial charge in [-0.15, -0.1) is 10.2 Å². The number of ether oxygens (including phenoxy) is 1. The molecule has 6 rings (SSSR count). The van der Waals surface area contributed by atoms with Crippen molar-refractivity contribution >= 4 is 17.6 Å². The first-order chi connectivity index (χ1) is 20.2. The molecule has 1 atom stereocenters. The molecule has 220 valence electrons. The highest BCUT2D eigenvalue weighted by atomic mass is 16.6. The van der Waals surface area contributed by atoms with Crippen LogP contribution >= 0.6 is 0 Å². The molecule has 4 aromatic heterocycles. The number of rotatable bonds is 7. The van der Waals surface area contributed by atoms with E-state index in [1.165, 1.54) is 29.7 Å². The average molecular weight is 572 g/mol. The summed E-state index contributed by atoms with van der Waals surface area (Å²) in [6.45, 7) is 8.44. The zero-order valence-electron chi connectivity index (χ0n) is 24.4. The van der Waals surface area contributed by atoms with E-state index in [1.807, 2.05) is 43.9 Å². The molecule has 0 bridgehead atoms. The van der Waals surface area contributed by atoms with Gasteiger partial charge in [0.25, 0.3) is 5.56 Å². The van der Waals surface area contributed by atoms with Gasteiger partial charge in [0.15, 0.2) is 5.82 Å². The lowest BCUT2D eigenvalue weighted by Crippen LogP contribution is -2.53. The van der Waals surface area contributed by atoms with Crippen LogP contribution in [-0.2, 0) is 11.3 Å². The average Bonchev–Trinajstić information content (AvgIpc) is 3.40. The largest absolute Gasteiger partial charge is 0.444 e. The lowest BCUT2D eigenvalue weighted by molar-refractivity contribution is 0.00733. The van der Waals surface area contributed by atoms with E-state index in [-0.39, 0.29) is 17.7 Å². The van der Waals surface area contributed by atoms with Gasteiger partial charge in [0.05, 0.1) is 24.5 Å². The van der Waals surface area contributed by atoms with Gasteiger partial charge in [-0.3, -0.25) is 9.20 Å². The van der Waals surface area contributed by atoms with Crippen LogP contribution in [-0.4, -0.2) is 76.8 Å². The number of nitrogens with zero attached hydrogens (tertiary/aromatic N) is 9. The van der Waals surface area contributed by atoms with Crippen LogP contribution in [0.1, 0.15) is 58.6 Å². The number of piperidine rings is 1. The highest BCUT2D eigenvalue weighted by molar-refractivity contribution is 5.69. The smallest absolute Gasteiger partial charge is 0.410 e. The molecule has 12 nitrogen and oxygen atoms in total. The molecule has 0 aromatic carbocycles. The Labute approximate surface area is 244 Å². The van der Waals surface area contributed by atoms with E-state index in [2.05, 4.69) is 30.4 Å². The number of hydrogen-bond acceptors (Lipinski definition) is 9. The molecule has 4 aromatic rings. The first-order valence-corrected chi connectivity index (χ1v) is 14.7. The van der Waals surface area contributed by atoms with Crippen molar-refractivity contribution in [2.45, 2.75) is 71.1 Å². The highest BCUT2D eigenvalue weighted by Gasteiger charge is 2.34. The van der Waals surface area contributed by atoms with Gasteiger partial charge in [-0.2, -0.15) is 5.10 Å². The van der Waals surface area contributed by atoms with E-state index < -0.39 is 5.60 Å². The molecular weight excluding hydrogens is 534 g/mol. The maximum Gasteiger partial charge on any atom is 0.410 e. The zero-order chi connectivity index (χ0) is 29.3. The number of hydrogen-bond donors (Lipinski definition) is 0. The molecule has 1 aliphatic carbocycles. The van der Waals surface area contributed by atoms with Crippen LogP contribution in [0.15, 0.2) is 53.6 Å². The molecule has 5 heterocycles. The van der Waals surface area contributed by atoms with Gasteiger partial charge < -0.3 is 14.5 Å². The molecule has 12 heteroatoms. The fourth-order valence-electron chi connectivity index (χ4n) is 5.51. The van der Waals surface area contributed by atoms with Gasteiger partial charge in [-0.1, -0.05) is 17.7 Å². The Hall–Kier alpha value is -4.35. The summed E-state index contributed by atoms with van der Waals surface area (Å²) in [7, 11) is 0. The van der Waals surface area contributed by atoms with Gasteiger partial charge in [-0.25, -0.2) is 14.5 Å². The second kappa shape index (κ2) is 11.5. The molecule has 1 saturated heterocycles. The maximum atomic E-state index is 13.2. The molecule has 0 unspecified atom stereocenters. The van der Waals surface area contributed by atoms with Crippen molar-refractivity contribution in [3.8, 4) is 11.4 Å². The zero-order valence-corrected chi connectivity index (χ0v) is 24.4. The van der Waals surface area contributed by atoms with Crippen molar-refractivity contribution in [1.82, 2.24) is 39.5 Å². The molecule has 0 spiro atoms. The number of aromatic nitrogens is 7. The van der Waals surface area contributed by atoms with Gasteiger partial charge in [-0.05, 0) is 76.6 Å². The molecule has 1 saturated carbocycles. The first-order valence-electron chi connectivity index (χ1n) is 14.7. The van der Waals surface area contributed by atoms with E-state index >= 15 is 0 Å². The summed E-state index contributed by atoms with van der Waals surface area (Å²) in [5.74, 6) is 1.35. The van der Waals surface area contributed by atoms with Crippen molar-refractivity contribution in [2.24, 2.45) is 5.92 Å². The summed E-state index contributed by atoms with van der Waals surface area (Å²) in [5, 5.41) is 17.4. The Bertz CT molecular complexity index is 1600. The minimum absolute atomic E-state index is 0.0704. The van der Waals surface area contributed by atoms with Crippen molar-refractivity contribution in [1.29, 1.82) is 0 Å². The molecule has 1 aliphatic heterocycles. The summed E-state index contributed by atoms with van der Waals surface area (Å²) in [6.07, 6.45) is 8.71. The van der Waals surface area contributed by atoms with Crippen molar-refractivity contribution < 1.29 is 9.53 Å². The van der Waals surface area contributed by atoms with E-state index in [0.29, 0.717) is 36.0 Å². The van der Waals surface area contributed by atoms with Crippen LogP contribution in [0.25, 0.3) is 17.0 Å². The Morgan fingerprint density at radius 2 is 1.90 bits per heavy atom. The summed E-state index contributed by atoms with van der Waals surface area (Å²) in [4.78, 5) is 34.4. The number of carbonyl (C=O) groups is 1. The Morgan fingerprint density at radius 1 is 1.05 bits per heavy atom. The SMILES string of the molecule is CC(C)(C)OC(=O)N(CC1CCC1)[C@@H]1CCCN(c2ccc(Cn3cc(-c4cc(=O)n5ccccc5n4)nn3)nn2)C1. The minimum atomic E-state index is -0.528. The summed E-state index contributed by atoms with van der Waals surface area (Å²) in [6, 6.07) is 10.8. The van der Waals surface area contributed by atoms with E-state index in [4.69, 9.17) is 4.74 Å². The monoisotopic (exact) mass is 571 g/mol. The molecule has 42 heavy (non-hydrogen) atoms. The van der Waals surface area contributed by atoms with Gasteiger partial charge in [0.2, 0.25) is 0 Å². The highest BCUT2D eigenvalue weighted by Crippen LogP contribution is 2.30. The number of anilines is 1. The minimum Gasteiger partial charge on any atom is -0.444 e. The number of carbonyl (C=O) groups excluding carboxylic acids is 1. The van der Waals surface area contributed by atoms with E-state index in [0.717, 1.165) is 37.4 Å². The van der Waals surface area contributed by atoms with Gasteiger partial charge in [0, 0.05) is 31.9 Å². The number of pyridine rings is 1. The van der Waals surface area contributed by atoms with Crippen LogP contribution in [0.3, 0.4) is 0 Å². The topological polar surface area (TPSA) is 124 Å². The molecule has 1 amide bonds. The van der Waals surface area contributed by atoms with Crippen LogP contribution in [0, 0.1) is 5.92 Å². The number of amides is 1. The fraction of sp³-hybridized carbons (Fsp3) is 0.500. The normalized spacial score (nSPS) is 17.7. The fourth-order valence-corrected chi connectivity index (χ4v) is 5.51. The van der Waals surface area contributed by atoms with Crippen LogP contribution in [0.2, 0.25) is 0 Å². The molecule has 2 aliphatic rings. The summed E-state index contributed by atoms with van der Waals surface area (Å²) >= 11 is 0.